The van der Waals surface area contributed by atoms with Crippen LogP contribution >= 0.6 is 11.3 Å². The number of nitrogens with one attached hydrogen (secondary N) is 1. The van der Waals surface area contributed by atoms with Crippen molar-refractivity contribution in [3.63, 3.8) is 0 Å². The number of hydrogen-bond acceptors (Lipinski definition) is 7. The first kappa shape index (κ1) is 23.1. The van der Waals surface area contributed by atoms with E-state index < -0.39 is 5.97 Å². The minimum absolute atomic E-state index is 0. The van der Waals surface area contributed by atoms with Crippen LogP contribution in [-0.4, -0.2) is 77.9 Å². The molecule has 0 unspecified atom stereocenters. The first-order chi connectivity index (χ1) is 15.6. The van der Waals surface area contributed by atoms with Crippen molar-refractivity contribution in [1.29, 1.82) is 0 Å². The van der Waals surface area contributed by atoms with Gasteiger partial charge in [0.1, 0.15) is 10.4 Å². The fourth-order valence-electron chi connectivity index (χ4n) is 3.79. The van der Waals surface area contributed by atoms with Crippen molar-refractivity contribution in [2.45, 2.75) is 13.5 Å². The molecule has 33 heavy (non-hydrogen) atoms. The number of rotatable bonds is 6. The van der Waals surface area contributed by atoms with Crippen LogP contribution in [0.25, 0.3) is 33.5 Å². The molecule has 0 saturated carbocycles. The van der Waals surface area contributed by atoms with Crippen LogP contribution in [0.5, 0.6) is 6.01 Å². The molecule has 0 radical (unpaired) electrons. The number of tetrazole rings is 1. The summed E-state index contributed by atoms with van der Waals surface area (Å²) >= 11 is 1.23. The standard InChI is InChI=1S/C22H18N6O3S.Na.H/c1-12-17-18(19(32-12)21(29)30)28(22(23-17)31-2)11-13-7-9-14(10-8-13)15-5-3-4-6-16(15)20-24-26-27-25-20;;/h3-10H,11H2,1-2H3,(H,29,30)(H,24,25,26,27);;. The molecule has 5 rings (SSSR count). The van der Waals surface area contributed by atoms with Crippen LogP contribution in [0.3, 0.4) is 0 Å². The van der Waals surface area contributed by atoms with E-state index in [-0.39, 0.29) is 34.4 Å². The molecule has 5 aromatic rings. The van der Waals surface area contributed by atoms with E-state index in [9.17, 15) is 9.90 Å². The molecule has 0 saturated heterocycles. The Morgan fingerprint density at radius 1 is 1.15 bits per heavy atom. The second-order valence-corrected chi connectivity index (χ2v) is 8.39. The molecule has 11 heteroatoms. The molecule has 2 aromatic carbocycles. The van der Waals surface area contributed by atoms with E-state index >= 15 is 0 Å². The van der Waals surface area contributed by atoms with Gasteiger partial charge in [-0.2, -0.15) is 4.98 Å². The van der Waals surface area contributed by atoms with Gasteiger partial charge in [0.15, 0.2) is 5.82 Å². The molecule has 9 nitrogen and oxygen atoms in total. The molecule has 2 N–H and O–H groups in total. The number of H-pyrrole nitrogens is 1. The number of aromatic amines is 1. The molecular weight excluding hydrogens is 451 g/mol. The van der Waals surface area contributed by atoms with Crippen LogP contribution in [0.2, 0.25) is 0 Å². The number of thiophene rings is 1. The van der Waals surface area contributed by atoms with Gasteiger partial charge in [-0.05, 0) is 34.0 Å². The Kier molecular flexibility index (Phi) is 6.61. The molecule has 0 amide bonds. The zero-order chi connectivity index (χ0) is 22.2. The zero-order valence-electron chi connectivity index (χ0n) is 17.2. The number of benzene rings is 2. The molecule has 3 aromatic heterocycles. The number of carbonyl (C=O) groups is 1. The molecule has 0 bridgehead atoms. The van der Waals surface area contributed by atoms with Crippen LogP contribution < -0.4 is 4.74 Å². The van der Waals surface area contributed by atoms with Crippen LogP contribution in [0.4, 0.5) is 0 Å². The maximum absolute atomic E-state index is 11.8. The molecule has 3 heterocycles. The summed E-state index contributed by atoms with van der Waals surface area (Å²) in [5.41, 5.74) is 5.16. The first-order valence-corrected chi connectivity index (χ1v) is 10.6. The summed E-state index contributed by atoms with van der Waals surface area (Å²) in [6, 6.07) is 16.3. The van der Waals surface area contributed by atoms with Crippen LogP contribution in [0.1, 0.15) is 20.1 Å². The van der Waals surface area contributed by atoms with Gasteiger partial charge < -0.3 is 9.84 Å². The van der Waals surface area contributed by atoms with Gasteiger partial charge in [0.2, 0.25) is 0 Å². The predicted octanol–water partition coefficient (Wildman–Crippen LogP) is 3.36. The number of methoxy groups -OCH3 is 1. The van der Waals surface area contributed by atoms with Crippen LogP contribution in [-0.2, 0) is 6.54 Å². The number of carboxylic acids is 1. The minimum atomic E-state index is -0.967. The van der Waals surface area contributed by atoms with Crippen molar-refractivity contribution in [1.82, 2.24) is 30.2 Å². The van der Waals surface area contributed by atoms with E-state index in [4.69, 9.17) is 4.74 Å². The number of imidazole rings is 1. The normalized spacial score (nSPS) is 10.8. The number of carboxylic acid groups (broad SMARTS) is 1. The molecule has 0 fully saturated rings. The van der Waals surface area contributed by atoms with Gasteiger partial charge in [-0.15, -0.1) is 16.4 Å². The van der Waals surface area contributed by atoms with Crippen molar-refractivity contribution in [3.05, 3.63) is 63.8 Å². The molecule has 162 valence electrons. The Labute approximate surface area is 214 Å². The number of aromatic carboxylic acids is 1. The summed E-state index contributed by atoms with van der Waals surface area (Å²) in [6.45, 7) is 2.30. The number of aryl methyl sites for hydroxylation is 1. The SMILES string of the molecule is COc1nc2c(C)sc(C(=O)O)c2n1Cc1ccc(-c2ccccc2-c2nnn[nH]2)cc1.[NaH]. The molecule has 0 spiro atoms. The topological polar surface area (TPSA) is 119 Å². The van der Waals surface area contributed by atoms with Crippen molar-refractivity contribution < 1.29 is 14.6 Å². The van der Waals surface area contributed by atoms with Gasteiger partial charge in [0.05, 0.1) is 19.2 Å². The maximum atomic E-state index is 11.8. The third-order valence-corrected chi connectivity index (χ3v) is 6.32. The Morgan fingerprint density at radius 3 is 2.52 bits per heavy atom. The number of ether oxygens (including phenoxy) is 1. The summed E-state index contributed by atoms with van der Waals surface area (Å²) < 4.78 is 7.25. The molecule has 0 aliphatic carbocycles. The molecule has 0 atom stereocenters. The fraction of sp³-hybridized carbons (Fsp3) is 0.136. The first-order valence-electron chi connectivity index (χ1n) is 9.76. The summed E-state index contributed by atoms with van der Waals surface area (Å²) in [4.78, 5) is 17.4. The second-order valence-electron chi connectivity index (χ2n) is 7.17. The van der Waals surface area contributed by atoms with Crippen LogP contribution in [0.15, 0.2) is 48.5 Å². The van der Waals surface area contributed by atoms with E-state index in [1.54, 1.807) is 0 Å². The molecular formula is C22H19N6NaO3S. The van der Waals surface area contributed by atoms with Gasteiger partial charge in [0, 0.05) is 10.4 Å². The number of hydrogen-bond donors (Lipinski definition) is 2. The monoisotopic (exact) mass is 470 g/mol. The second kappa shape index (κ2) is 9.44. The van der Waals surface area contributed by atoms with Gasteiger partial charge in [-0.25, -0.2) is 9.89 Å². The van der Waals surface area contributed by atoms with Crippen LogP contribution in [0, 0.1) is 6.92 Å². The van der Waals surface area contributed by atoms with E-state index in [0.29, 0.717) is 29.4 Å². The molecule has 0 aliphatic heterocycles. The van der Waals surface area contributed by atoms with Gasteiger partial charge >= 0.3 is 35.5 Å². The number of aromatic nitrogens is 6. The summed E-state index contributed by atoms with van der Waals surface area (Å²) in [6.07, 6.45) is 0. The quantitative estimate of drug-likeness (QED) is 0.365. The van der Waals surface area contributed by atoms with Gasteiger partial charge in [-0.3, -0.25) is 4.57 Å². The molecule has 0 aliphatic rings. The third kappa shape index (κ3) is 4.18. The summed E-state index contributed by atoms with van der Waals surface area (Å²) in [5, 5.41) is 23.8. The average Bonchev–Trinajstić information content (AvgIpc) is 3.53. The van der Waals surface area contributed by atoms with Crippen molar-refractivity contribution >= 4 is 57.9 Å². The van der Waals surface area contributed by atoms with Gasteiger partial charge in [0.25, 0.3) is 6.01 Å². The zero-order valence-corrected chi connectivity index (χ0v) is 18.1. The summed E-state index contributed by atoms with van der Waals surface area (Å²) in [7, 11) is 1.54. The van der Waals surface area contributed by atoms with E-state index in [0.717, 1.165) is 27.1 Å². The Morgan fingerprint density at radius 2 is 1.88 bits per heavy atom. The third-order valence-electron chi connectivity index (χ3n) is 5.25. The van der Waals surface area contributed by atoms with E-state index in [1.807, 2.05) is 60.0 Å². The van der Waals surface area contributed by atoms with Crippen molar-refractivity contribution in [2.24, 2.45) is 0 Å². The van der Waals surface area contributed by atoms with E-state index in [1.165, 1.54) is 18.4 Å². The predicted molar refractivity (Wildman–Crippen MR) is 127 cm³/mol. The Balaban J connectivity index is 0.00000259. The fourth-order valence-corrected chi connectivity index (χ4v) is 4.73. The van der Waals surface area contributed by atoms with Crippen molar-refractivity contribution in [3.8, 4) is 28.5 Å². The van der Waals surface area contributed by atoms with E-state index in [2.05, 4.69) is 25.6 Å². The Bertz CT molecular complexity index is 1430. The average molecular weight is 470 g/mol. The number of fused-ring (bicyclic) bond motifs is 1. The summed E-state index contributed by atoms with van der Waals surface area (Å²) in [5.74, 6) is -0.366. The van der Waals surface area contributed by atoms with Gasteiger partial charge in [-0.1, -0.05) is 48.5 Å². The Hall–Kier alpha value is -3.05. The van der Waals surface area contributed by atoms with Crippen molar-refractivity contribution in [2.75, 3.05) is 7.11 Å². The number of nitrogens with zero attached hydrogens (tertiary/aromatic N) is 5.